The maximum atomic E-state index is 12.8. The van der Waals surface area contributed by atoms with E-state index in [-0.39, 0.29) is 12.5 Å². The fourth-order valence-corrected chi connectivity index (χ4v) is 4.04. The van der Waals surface area contributed by atoms with E-state index in [1.54, 1.807) is 32.0 Å². The number of carboxylic acid groups (broad SMARTS) is 1. The fraction of sp³-hybridized carbons (Fsp3) is 0.222. The first kappa shape index (κ1) is 23.8. The second-order valence-corrected chi connectivity index (χ2v) is 8.74. The van der Waals surface area contributed by atoms with Gasteiger partial charge < -0.3 is 25.2 Å². The molecule has 0 fully saturated rings. The molecule has 0 aliphatic heterocycles. The zero-order valence-corrected chi connectivity index (χ0v) is 19.4. The van der Waals surface area contributed by atoms with Crippen LogP contribution < -0.4 is 15.4 Å². The largest absolute Gasteiger partial charge is 0.482 e. The number of aliphatic carboxylic acids is 1. The molecule has 8 heteroatoms. The lowest BCUT2D eigenvalue weighted by Crippen LogP contribution is -2.52. The maximum absolute atomic E-state index is 12.8. The number of carboxylic acids is 1. The predicted molar refractivity (Wildman–Crippen MR) is 130 cm³/mol. The van der Waals surface area contributed by atoms with Crippen LogP contribution in [0.15, 0.2) is 72.8 Å². The Labute approximate surface area is 202 Å². The number of benzene rings is 3. The molecule has 1 aliphatic carbocycles. The van der Waals surface area contributed by atoms with Crippen LogP contribution in [0.2, 0.25) is 0 Å². The molecule has 0 atom stereocenters. The maximum Gasteiger partial charge on any atom is 0.408 e. The highest BCUT2D eigenvalue weighted by molar-refractivity contribution is 5.99. The molecule has 0 unspecified atom stereocenters. The van der Waals surface area contributed by atoms with Gasteiger partial charge in [0.25, 0.3) is 0 Å². The summed E-state index contributed by atoms with van der Waals surface area (Å²) in [6.07, 6.45) is -0.703. The molecule has 0 heterocycles. The Morgan fingerprint density at radius 3 is 2.17 bits per heavy atom. The summed E-state index contributed by atoms with van der Waals surface area (Å²) in [7, 11) is 0. The van der Waals surface area contributed by atoms with Crippen LogP contribution in [0.1, 0.15) is 30.9 Å². The van der Waals surface area contributed by atoms with Gasteiger partial charge in [0.15, 0.2) is 6.61 Å². The topological polar surface area (TPSA) is 114 Å². The molecule has 180 valence electrons. The molecular weight excluding hydrogens is 448 g/mol. The van der Waals surface area contributed by atoms with Crippen molar-refractivity contribution in [3.05, 3.63) is 83.9 Å². The lowest BCUT2D eigenvalue weighted by molar-refractivity contribution is -0.139. The van der Waals surface area contributed by atoms with Gasteiger partial charge >= 0.3 is 12.1 Å². The van der Waals surface area contributed by atoms with Crippen LogP contribution in [0.25, 0.3) is 11.1 Å². The van der Waals surface area contributed by atoms with Crippen molar-refractivity contribution < 1.29 is 29.0 Å². The second-order valence-electron chi connectivity index (χ2n) is 8.74. The van der Waals surface area contributed by atoms with E-state index in [0.29, 0.717) is 11.4 Å². The van der Waals surface area contributed by atoms with Crippen molar-refractivity contribution in [3.63, 3.8) is 0 Å². The molecule has 0 radical (unpaired) electrons. The van der Waals surface area contributed by atoms with Crippen molar-refractivity contribution in [2.24, 2.45) is 0 Å². The monoisotopic (exact) mass is 474 g/mol. The lowest BCUT2D eigenvalue weighted by atomic mass is 9.98. The van der Waals surface area contributed by atoms with Gasteiger partial charge in [-0.2, -0.15) is 0 Å². The minimum Gasteiger partial charge on any atom is -0.482 e. The number of amides is 2. The van der Waals surface area contributed by atoms with Gasteiger partial charge in [0, 0.05) is 17.7 Å². The van der Waals surface area contributed by atoms with E-state index in [1.165, 1.54) is 6.07 Å². The fourth-order valence-electron chi connectivity index (χ4n) is 4.04. The van der Waals surface area contributed by atoms with Crippen LogP contribution in [0.5, 0.6) is 5.75 Å². The first-order chi connectivity index (χ1) is 16.7. The quantitative estimate of drug-likeness (QED) is 0.446. The van der Waals surface area contributed by atoms with E-state index in [9.17, 15) is 14.4 Å². The van der Waals surface area contributed by atoms with E-state index < -0.39 is 30.1 Å². The summed E-state index contributed by atoms with van der Waals surface area (Å²) in [6, 6.07) is 22.4. The van der Waals surface area contributed by atoms with Crippen LogP contribution in [-0.2, 0) is 14.3 Å². The summed E-state index contributed by atoms with van der Waals surface area (Å²) in [5.74, 6) is -1.36. The lowest BCUT2D eigenvalue weighted by Gasteiger charge is -2.25. The van der Waals surface area contributed by atoms with Gasteiger partial charge in [-0.1, -0.05) is 54.6 Å². The SMILES string of the molecule is CC(C)(NC(=O)OCC1c2ccccc2-c2ccccc21)C(=O)Nc1cccc(OCC(=O)O)c1. The summed E-state index contributed by atoms with van der Waals surface area (Å²) >= 11 is 0. The molecule has 4 rings (SSSR count). The molecule has 0 spiro atoms. The molecule has 8 nitrogen and oxygen atoms in total. The average molecular weight is 475 g/mol. The summed E-state index contributed by atoms with van der Waals surface area (Å²) in [6.45, 7) is 2.77. The molecule has 3 N–H and O–H groups in total. The van der Waals surface area contributed by atoms with Crippen LogP contribution in [0.4, 0.5) is 10.5 Å². The van der Waals surface area contributed by atoms with E-state index in [2.05, 4.69) is 22.8 Å². The van der Waals surface area contributed by atoms with Crippen LogP contribution in [0.3, 0.4) is 0 Å². The van der Waals surface area contributed by atoms with Crippen molar-refractivity contribution in [1.29, 1.82) is 0 Å². The minimum absolute atomic E-state index is 0.0846. The van der Waals surface area contributed by atoms with Gasteiger partial charge in [-0.15, -0.1) is 0 Å². The molecule has 3 aromatic rings. The average Bonchev–Trinajstić information content (AvgIpc) is 3.15. The highest BCUT2D eigenvalue weighted by Crippen LogP contribution is 2.44. The first-order valence-electron chi connectivity index (χ1n) is 11.1. The van der Waals surface area contributed by atoms with Gasteiger partial charge in [0.2, 0.25) is 5.91 Å². The number of hydrogen-bond acceptors (Lipinski definition) is 5. The molecule has 35 heavy (non-hydrogen) atoms. The number of alkyl carbamates (subject to hydrolysis) is 1. The molecular formula is C27H26N2O6. The summed E-state index contributed by atoms with van der Waals surface area (Å²) in [4.78, 5) is 36.1. The normalized spacial score (nSPS) is 12.3. The number of anilines is 1. The highest BCUT2D eigenvalue weighted by atomic mass is 16.5. The number of rotatable bonds is 8. The Morgan fingerprint density at radius 2 is 1.54 bits per heavy atom. The third-order valence-corrected chi connectivity index (χ3v) is 5.78. The summed E-state index contributed by atoms with van der Waals surface area (Å²) in [5, 5.41) is 14.1. The van der Waals surface area contributed by atoms with E-state index >= 15 is 0 Å². The van der Waals surface area contributed by atoms with Gasteiger partial charge in [-0.3, -0.25) is 4.79 Å². The van der Waals surface area contributed by atoms with Crippen LogP contribution >= 0.6 is 0 Å². The molecule has 0 saturated carbocycles. The Morgan fingerprint density at radius 1 is 0.914 bits per heavy atom. The van der Waals surface area contributed by atoms with Gasteiger partial charge in [-0.25, -0.2) is 9.59 Å². The molecule has 3 aromatic carbocycles. The highest BCUT2D eigenvalue weighted by Gasteiger charge is 2.32. The minimum atomic E-state index is -1.28. The number of nitrogens with one attached hydrogen (secondary N) is 2. The number of carbonyl (C=O) groups excluding carboxylic acids is 2. The number of fused-ring (bicyclic) bond motifs is 3. The number of ether oxygens (including phenoxy) is 2. The number of carbonyl (C=O) groups is 3. The van der Waals surface area contributed by atoms with E-state index in [0.717, 1.165) is 22.3 Å². The summed E-state index contributed by atoms with van der Waals surface area (Å²) in [5.41, 5.74) is 3.59. The summed E-state index contributed by atoms with van der Waals surface area (Å²) < 4.78 is 10.7. The zero-order valence-electron chi connectivity index (χ0n) is 19.4. The van der Waals surface area contributed by atoms with Crippen molar-refractivity contribution in [2.45, 2.75) is 25.3 Å². The smallest absolute Gasteiger partial charge is 0.408 e. The van der Waals surface area contributed by atoms with Gasteiger partial charge in [0.1, 0.15) is 17.9 Å². The Kier molecular flexibility index (Phi) is 6.73. The standard InChI is InChI=1S/C27H26N2O6/c1-27(2,25(32)28-17-8-7-9-18(14-17)34-16-24(30)31)29-26(33)35-15-23-21-12-5-3-10-19(21)20-11-4-6-13-22(20)23/h3-14,23H,15-16H2,1-2H3,(H,28,32)(H,29,33)(H,30,31). The van der Waals surface area contributed by atoms with E-state index in [1.807, 2.05) is 36.4 Å². The Balaban J connectivity index is 1.36. The van der Waals surface area contributed by atoms with Crippen molar-refractivity contribution in [2.75, 3.05) is 18.5 Å². The zero-order chi connectivity index (χ0) is 25.0. The molecule has 0 aromatic heterocycles. The van der Waals surface area contributed by atoms with E-state index in [4.69, 9.17) is 14.6 Å². The van der Waals surface area contributed by atoms with Crippen LogP contribution in [0, 0.1) is 0 Å². The number of hydrogen-bond donors (Lipinski definition) is 3. The van der Waals surface area contributed by atoms with Gasteiger partial charge in [0.05, 0.1) is 0 Å². The van der Waals surface area contributed by atoms with Crippen molar-refractivity contribution in [3.8, 4) is 16.9 Å². The Hall–Kier alpha value is -4.33. The molecule has 0 saturated heterocycles. The Bertz CT molecular complexity index is 1220. The molecule has 2 amide bonds. The van der Waals surface area contributed by atoms with Crippen LogP contribution in [-0.4, -0.2) is 41.8 Å². The molecule has 1 aliphatic rings. The van der Waals surface area contributed by atoms with Gasteiger partial charge in [-0.05, 0) is 48.2 Å². The van der Waals surface area contributed by atoms with Crippen molar-refractivity contribution >= 4 is 23.7 Å². The predicted octanol–water partition coefficient (Wildman–Crippen LogP) is 4.41. The van der Waals surface area contributed by atoms with Crippen molar-refractivity contribution in [1.82, 2.24) is 5.32 Å². The first-order valence-corrected chi connectivity index (χ1v) is 11.1. The third kappa shape index (κ3) is 5.43. The second kappa shape index (κ2) is 9.89. The third-order valence-electron chi connectivity index (χ3n) is 5.78. The molecule has 0 bridgehead atoms.